The third-order valence-corrected chi connectivity index (χ3v) is 3.03. The number of H-pyrrole nitrogens is 1. The summed E-state index contributed by atoms with van der Waals surface area (Å²) in [6, 6.07) is 0. The summed E-state index contributed by atoms with van der Waals surface area (Å²) in [5.41, 5.74) is 4.45. The molecular weight excluding hydrogens is 142 g/mol. The smallest absolute Gasteiger partial charge is 0.0205 e. The molecule has 1 aliphatic heterocycles. The van der Waals surface area contributed by atoms with Gasteiger partial charge in [-0.1, -0.05) is 0 Å². The summed E-state index contributed by atoms with van der Waals surface area (Å²) >= 11 is 2.04. The molecule has 10 heavy (non-hydrogen) atoms. The zero-order valence-electron chi connectivity index (χ0n) is 6.11. The SMILES string of the molecule is Cc1c[nH]c2c1CSCC2. The van der Waals surface area contributed by atoms with E-state index in [1.54, 1.807) is 5.56 Å². The van der Waals surface area contributed by atoms with Gasteiger partial charge >= 0.3 is 0 Å². The Labute approximate surface area is 65.2 Å². The lowest BCUT2D eigenvalue weighted by Gasteiger charge is -2.10. The van der Waals surface area contributed by atoms with Gasteiger partial charge in [0.25, 0.3) is 0 Å². The van der Waals surface area contributed by atoms with Crippen molar-refractivity contribution in [1.29, 1.82) is 0 Å². The first-order valence-corrected chi connectivity index (χ1v) is 4.77. The number of nitrogens with one attached hydrogen (secondary N) is 1. The molecule has 0 radical (unpaired) electrons. The van der Waals surface area contributed by atoms with Crippen LogP contribution >= 0.6 is 11.8 Å². The van der Waals surface area contributed by atoms with E-state index in [4.69, 9.17) is 0 Å². The standard InChI is InChI=1S/C8H11NS/c1-6-4-9-8-2-3-10-5-7(6)8/h4,9H,2-3,5H2,1H3. The first-order chi connectivity index (χ1) is 4.88. The molecule has 1 N–H and O–H groups in total. The Morgan fingerprint density at radius 2 is 2.50 bits per heavy atom. The van der Waals surface area contributed by atoms with Crippen molar-refractivity contribution < 1.29 is 0 Å². The van der Waals surface area contributed by atoms with Crippen molar-refractivity contribution in [3.8, 4) is 0 Å². The van der Waals surface area contributed by atoms with Crippen molar-refractivity contribution in [1.82, 2.24) is 4.98 Å². The first kappa shape index (κ1) is 6.35. The number of aromatic amines is 1. The van der Waals surface area contributed by atoms with E-state index in [1.165, 1.54) is 29.2 Å². The molecule has 0 saturated carbocycles. The van der Waals surface area contributed by atoms with Gasteiger partial charge in [0.05, 0.1) is 0 Å². The predicted octanol–water partition coefficient (Wildman–Crippen LogP) is 2.11. The number of aromatic nitrogens is 1. The Hall–Kier alpha value is -0.370. The van der Waals surface area contributed by atoms with Gasteiger partial charge < -0.3 is 4.98 Å². The Morgan fingerprint density at radius 1 is 1.60 bits per heavy atom. The number of rotatable bonds is 0. The molecule has 0 saturated heterocycles. The highest BCUT2D eigenvalue weighted by Crippen LogP contribution is 2.25. The molecule has 0 spiro atoms. The van der Waals surface area contributed by atoms with Gasteiger partial charge in [-0.25, -0.2) is 0 Å². The zero-order chi connectivity index (χ0) is 6.97. The summed E-state index contributed by atoms with van der Waals surface area (Å²) < 4.78 is 0. The lowest BCUT2D eigenvalue weighted by molar-refractivity contribution is 1.03. The van der Waals surface area contributed by atoms with Crippen LogP contribution in [0.2, 0.25) is 0 Å². The van der Waals surface area contributed by atoms with Crippen LogP contribution in [0.15, 0.2) is 6.20 Å². The summed E-state index contributed by atoms with van der Waals surface area (Å²) in [4.78, 5) is 3.31. The largest absolute Gasteiger partial charge is 0.364 e. The average molecular weight is 153 g/mol. The minimum atomic E-state index is 1.21. The van der Waals surface area contributed by atoms with E-state index in [2.05, 4.69) is 18.1 Å². The van der Waals surface area contributed by atoms with Crippen molar-refractivity contribution in [3.05, 3.63) is 23.0 Å². The quantitative estimate of drug-likeness (QED) is 0.603. The van der Waals surface area contributed by atoms with E-state index in [1.807, 2.05) is 11.8 Å². The summed E-state index contributed by atoms with van der Waals surface area (Å²) in [5, 5.41) is 0. The molecule has 0 aromatic carbocycles. The third-order valence-electron chi connectivity index (χ3n) is 2.05. The van der Waals surface area contributed by atoms with Gasteiger partial charge in [0.2, 0.25) is 0 Å². The van der Waals surface area contributed by atoms with E-state index >= 15 is 0 Å². The second-order valence-electron chi connectivity index (χ2n) is 2.73. The fourth-order valence-electron chi connectivity index (χ4n) is 1.38. The zero-order valence-corrected chi connectivity index (χ0v) is 6.92. The lowest BCUT2D eigenvalue weighted by Crippen LogP contribution is -2.00. The molecule has 0 bridgehead atoms. The lowest BCUT2D eigenvalue weighted by atomic mass is 10.1. The van der Waals surface area contributed by atoms with Crippen molar-refractivity contribution in [2.45, 2.75) is 19.1 Å². The van der Waals surface area contributed by atoms with Gasteiger partial charge in [0.15, 0.2) is 0 Å². The van der Waals surface area contributed by atoms with Gasteiger partial charge in [-0.05, 0) is 30.2 Å². The second kappa shape index (κ2) is 2.35. The van der Waals surface area contributed by atoms with Crippen LogP contribution < -0.4 is 0 Å². The Kier molecular flexibility index (Phi) is 1.49. The predicted molar refractivity (Wildman–Crippen MR) is 45.4 cm³/mol. The van der Waals surface area contributed by atoms with Gasteiger partial charge in [0.1, 0.15) is 0 Å². The molecule has 2 heteroatoms. The molecule has 1 aromatic rings. The summed E-state index contributed by atoms with van der Waals surface area (Å²) in [5.74, 6) is 2.50. The van der Waals surface area contributed by atoms with Crippen LogP contribution in [-0.4, -0.2) is 10.7 Å². The molecular formula is C8H11NS. The maximum atomic E-state index is 3.31. The molecule has 0 aliphatic carbocycles. The molecule has 2 heterocycles. The molecule has 1 aromatic heterocycles. The van der Waals surface area contributed by atoms with Crippen LogP contribution in [0, 0.1) is 6.92 Å². The van der Waals surface area contributed by atoms with Crippen LogP contribution in [0.3, 0.4) is 0 Å². The number of fused-ring (bicyclic) bond motifs is 1. The van der Waals surface area contributed by atoms with Gasteiger partial charge in [-0.3, -0.25) is 0 Å². The average Bonchev–Trinajstić information content (AvgIpc) is 2.34. The van der Waals surface area contributed by atoms with E-state index in [0.717, 1.165) is 0 Å². The van der Waals surface area contributed by atoms with Crippen molar-refractivity contribution >= 4 is 11.8 Å². The maximum Gasteiger partial charge on any atom is 0.0205 e. The Morgan fingerprint density at radius 3 is 3.30 bits per heavy atom. The molecule has 54 valence electrons. The van der Waals surface area contributed by atoms with E-state index < -0.39 is 0 Å². The molecule has 0 unspecified atom stereocenters. The maximum absolute atomic E-state index is 3.31. The number of hydrogen-bond acceptors (Lipinski definition) is 1. The van der Waals surface area contributed by atoms with Crippen LogP contribution in [0.1, 0.15) is 16.8 Å². The van der Waals surface area contributed by atoms with E-state index in [9.17, 15) is 0 Å². The van der Waals surface area contributed by atoms with Crippen LogP contribution in [0.4, 0.5) is 0 Å². The third kappa shape index (κ3) is 0.870. The molecule has 2 rings (SSSR count). The highest BCUT2D eigenvalue weighted by Gasteiger charge is 2.11. The minimum absolute atomic E-state index is 1.21. The second-order valence-corrected chi connectivity index (χ2v) is 3.84. The highest BCUT2D eigenvalue weighted by atomic mass is 32.2. The van der Waals surface area contributed by atoms with Gasteiger partial charge in [-0.15, -0.1) is 0 Å². The van der Waals surface area contributed by atoms with Gasteiger partial charge in [0, 0.05) is 17.6 Å². The van der Waals surface area contributed by atoms with Gasteiger partial charge in [-0.2, -0.15) is 11.8 Å². The molecule has 1 nitrogen and oxygen atoms in total. The molecule has 1 aliphatic rings. The molecule has 0 fully saturated rings. The summed E-state index contributed by atoms with van der Waals surface area (Å²) in [6.07, 6.45) is 3.35. The summed E-state index contributed by atoms with van der Waals surface area (Å²) in [6.45, 7) is 2.18. The normalized spacial score (nSPS) is 16.9. The number of thioether (sulfide) groups is 1. The van der Waals surface area contributed by atoms with Crippen molar-refractivity contribution in [2.24, 2.45) is 0 Å². The van der Waals surface area contributed by atoms with Crippen LogP contribution in [0.25, 0.3) is 0 Å². The summed E-state index contributed by atoms with van der Waals surface area (Å²) in [7, 11) is 0. The van der Waals surface area contributed by atoms with Crippen LogP contribution in [-0.2, 0) is 12.2 Å². The van der Waals surface area contributed by atoms with E-state index in [-0.39, 0.29) is 0 Å². The molecule has 0 atom stereocenters. The Bertz CT molecular complexity index is 239. The fraction of sp³-hybridized carbons (Fsp3) is 0.500. The van der Waals surface area contributed by atoms with Crippen molar-refractivity contribution in [3.63, 3.8) is 0 Å². The monoisotopic (exact) mass is 153 g/mol. The topological polar surface area (TPSA) is 15.8 Å². The molecule has 0 amide bonds. The van der Waals surface area contributed by atoms with Crippen LogP contribution in [0.5, 0.6) is 0 Å². The number of aryl methyl sites for hydroxylation is 2. The first-order valence-electron chi connectivity index (χ1n) is 3.61. The highest BCUT2D eigenvalue weighted by molar-refractivity contribution is 7.98. The minimum Gasteiger partial charge on any atom is -0.364 e. The number of hydrogen-bond donors (Lipinski definition) is 1. The van der Waals surface area contributed by atoms with E-state index in [0.29, 0.717) is 0 Å². The fourth-order valence-corrected chi connectivity index (χ4v) is 2.48. The van der Waals surface area contributed by atoms with Crippen molar-refractivity contribution in [2.75, 3.05) is 5.75 Å². The Balaban J connectivity index is 2.45.